The van der Waals surface area contributed by atoms with Gasteiger partial charge in [-0.2, -0.15) is 5.10 Å². The number of piperidine rings is 1. The van der Waals surface area contributed by atoms with Crippen LogP contribution in [0.4, 0.5) is 5.69 Å². The van der Waals surface area contributed by atoms with Crippen molar-refractivity contribution >= 4 is 22.5 Å². The second kappa shape index (κ2) is 3.73. The maximum absolute atomic E-state index is 12.6. The van der Waals surface area contributed by atoms with Crippen LogP contribution in [-0.2, 0) is 0 Å². The molecule has 1 aromatic heterocycles. The summed E-state index contributed by atoms with van der Waals surface area (Å²) in [5.41, 5.74) is 7.83. The molecule has 4 rings (SSSR count). The van der Waals surface area contributed by atoms with Crippen molar-refractivity contribution in [3.8, 4) is 0 Å². The van der Waals surface area contributed by atoms with E-state index in [4.69, 9.17) is 5.73 Å². The molecule has 1 saturated heterocycles. The van der Waals surface area contributed by atoms with Crippen LogP contribution in [0.15, 0.2) is 18.2 Å². The van der Waals surface area contributed by atoms with E-state index in [0.29, 0.717) is 23.3 Å². The molecule has 1 aliphatic heterocycles. The molecule has 1 aliphatic carbocycles. The number of hydrogen-bond acceptors (Lipinski definition) is 3. The molecular weight excluding hydrogens is 240 g/mol. The standard InChI is InChI=1S/C14H16N4O/c15-9-2-4-12-11(6-9)13(17-16-12)14(19)18-7-8-1-3-10(18)5-8/h2,4,6,8,10H,1,3,5,7,15H2,(H,16,17). The number of hydrogen-bond donors (Lipinski definition) is 2. The van der Waals surface area contributed by atoms with E-state index in [0.717, 1.165) is 30.3 Å². The van der Waals surface area contributed by atoms with Crippen molar-refractivity contribution in [1.29, 1.82) is 0 Å². The quantitative estimate of drug-likeness (QED) is 0.763. The number of nitrogens with zero attached hydrogens (tertiary/aromatic N) is 2. The zero-order valence-corrected chi connectivity index (χ0v) is 10.6. The fraction of sp³-hybridized carbons (Fsp3) is 0.429. The van der Waals surface area contributed by atoms with E-state index in [-0.39, 0.29) is 5.91 Å². The molecule has 2 aromatic rings. The predicted octanol–water partition coefficient (Wildman–Crippen LogP) is 1.77. The number of nitrogens with one attached hydrogen (secondary N) is 1. The van der Waals surface area contributed by atoms with Crippen molar-refractivity contribution in [1.82, 2.24) is 15.1 Å². The number of H-pyrrole nitrogens is 1. The van der Waals surface area contributed by atoms with Gasteiger partial charge in [0.25, 0.3) is 5.91 Å². The summed E-state index contributed by atoms with van der Waals surface area (Å²) in [6, 6.07) is 5.92. The maximum atomic E-state index is 12.6. The molecule has 2 fully saturated rings. The van der Waals surface area contributed by atoms with Gasteiger partial charge in [0.2, 0.25) is 0 Å². The first-order valence-electron chi connectivity index (χ1n) is 6.77. The molecule has 2 aliphatic rings. The second-order valence-corrected chi connectivity index (χ2v) is 5.67. The number of anilines is 1. The molecule has 0 radical (unpaired) electrons. The molecule has 2 bridgehead atoms. The van der Waals surface area contributed by atoms with Gasteiger partial charge in [-0.15, -0.1) is 0 Å². The zero-order valence-electron chi connectivity index (χ0n) is 10.6. The first kappa shape index (κ1) is 10.8. The largest absolute Gasteiger partial charge is 0.399 e. The van der Waals surface area contributed by atoms with Crippen LogP contribution in [0, 0.1) is 5.92 Å². The Kier molecular flexibility index (Phi) is 2.13. The van der Waals surface area contributed by atoms with Gasteiger partial charge in [-0.1, -0.05) is 0 Å². The average Bonchev–Trinajstić information content (AvgIpc) is 3.11. The Morgan fingerprint density at radius 1 is 1.42 bits per heavy atom. The molecule has 2 heterocycles. The van der Waals surface area contributed by atoms with Crippen molar-refractivity contribution in [2.75, 3.05) is 12.3 Å². The van der Waals surface area contributed by atoms with Gasteiger partial charge in [0.15, 0.2) is 5.69 Å². The number of carbonyl (C=O) groups is 1. The van der Waals surface area contributed by atoms with Crippen LogP contribution in [0.1, 0.15) is 29.8 Å². The maximum Gasteiger partial charge on any atom is 0.275 e. The lowest BCUT2D eigenvalue weighted by Gasteiger charge is -2.26. The third kappa shape index (κ3) is 1.54. The monoisotopic (exact) mass is 256 g/mol. The number of amides is 1. The van der Waals surface area contributed by atoms with E-state index in [1.807, 2.05) is 23.1 Å². The average molecular weight is 256 g/mol. The molecule has 1 amide bonds. The summed E-state index contributed by atoms with van der Waals surface area (Å²) in [5.74, 6) is 0.744. The van der Waals surface area contributed by atoms with Crippen molar-refractivity contribution < 1.29 is 4.79 Å². The molecule has 5 heteroatoms. The van der Waals surface area contributed by atoms with Gasteiger partial charge in [-0.3, -0.25) is 9.89 Å². The minimum Gasteiger partial charge on any atom is -0.399 e. The molecule has 2 atom stereocenters. The van der Waals surface area contributed by atoms with Crippen LogP contribution >= 0.6 is 0 Å². The predicted molar refractivity (Wildman–Crippen MR) is 72.7 cm³/mol. The number of fused-ring (bicyclic) bond motifs is 3. The lowest BCUT2D eigenvalue weighted by molar-refractivity contribution is 0.0699. The summed E-state index contributed by atoms with van der Waals surface area (Å²) < 4.78 is 0. The van der Waals surface area contributed by atoms with E-state index in [1.165, 1.54) is 6.42 Å². The minimum atomic E-state index is 0.0454. The van der Waals surface area contributed by atoms with Crippen LogP contribution in [0.2, 0.25) is 0 Å². The third-order valence-corrected chi connectivity index (χ3v) is 4.46. The molecule has 5 nitrogen and oxygen atoms in total. The van der Waals surface area contributed by atoms with E-state index in [9.17, 15) is 4.79 Å². The Labute approximate surface area is 110 Å². The third-order valence-electron chi connectivity index (χ3n) is 4.46. The summed E-state index contributed by atoms with van der Waals surface area (Å²) >= 11 is 0. The number of nitrogens with two attached hydrogens (primary N) is 1. The molecule has 19 heavy (non-hydrogen) atoms. The summed E-state index contributed by atoms with van der Waals surface area (Å²) in [7, 11) is 0. The Hall–Kier alpha value is -2.04. The molecule has 1 aromatic carbocycles. The van der Waals surface area contributed by atoms with Crippen LogP contribution in [0.3, 0.4) is 0 Å². The number of nitrogen functional groups attached to an aromatic ring is 1. The fourth-order valence-corrected chi connectivity index (χ4v) is 3.50. The van der Waals surface area contributed by atoms with Gasteiger partial charge in [-0.05, 0) is 43.4 Å². The fourth-order valence-electron chi connectivity index (χ4n) is 3.50. The summed E-state index contributed by atoms with van der Waals surface area (Å²) in [6.07, 6.45) is 3.57. The SMILES string of the molecule is Nc1ccc2[nH]nc(C(=O)N3CC4CCC3C4)c2c1. The summed E-state index contributed by atoms with van der Waals surface area (Å²) in [4.78, 5) is 14.6. The topological polar surface area (TPSA) is 75.0 Å². The Morgan fingerprint density at radius 3 is 3.05 bits per heavy atom. The van der Waals surface area contributed by atoms with Crippen LogP contribution in [0.25, 0.3) is 10.9 Å². The highest BCUT2D eigenvalue weighted by atomic mass is 16.2. The number of likely N-dealkylation sites (tertiary alicyclic amines) is 1. The zero-order chi connectivity index (χ0) is 13.0. The van der Waals surface area contributed by atoms with Crippen molar-refractivity contribution in [3.05, 3.63) is 23.9 Å². The van der Waals surface area contributed by atoms with Crippen LogP contribution < -0.4 is 5.73 Å². The molecule has 3 N–H and O–H groups in total. The van der Waals surface area contributed by atoms with E-state index in [2.05, 4.69) is 10.2 Å². The second-order valence-electron chi connectivity index (χ2n) is 5.67. The van der Waals surface area contributed by atoms with Gasteiger partial charge >= 0.3 is 0 Å². The molecule has 0 spiro atoms. The van der Waals surface area contributed by atoms with Gasteiger partial charge in [0.1, 0.15) is 0 Å². The Bertz CT molecular complexity index is 663. The first-order valence-corrected chi connectivity index (χ1v) is 6.77. The highest BCUT2D eigenvalue weighted by Crippen LogP contribution is 2.38. The number of carbonyl (C=O) groups excluding carboxylic acids is 1. The van der Waals surface area contributed by atoms with E-state index >= 15 is 0 Å². The lowest BCUT2D eigenvalue weighted by Crippen LogP contribution is -2.37. The van der Waals surface area contributed by atoms with Crippen molar-refractivity contribution in [2.45, 2.75) is 25.3 Å². The van der Waals surface area contributed by atoms with E-state index in [1.54, 1.807) is 0 Å². The normalized spacial score (nSPS) is 25.4. The Balaban J connectivity index is 1.74. The van der Waals surface area contributed by atoms with E-state index < -0.39 is 0 Å². The lowest BCUT2D eigenvalue weighted by atomic mass is 10.1. The first-order chi connectivity index (χ1) is 9.22. The summed E-state index contributed by atoms with van der Waals surface area (Å²) in [5, 5.41) is 7.93. The smallest absolute Gasteiger partial charge is 0.275 e. The van der Waals surface area contributed by atoms with Gasteiger partial charge in [-0.25, -0.2) is 0 Å². The number of aromatic amines is 1. The number of aromatic nitrogens is 2. The Morgan fingerprint density at radius 2 is 2.32 bits per heavy atom. The van der Waals surface area contributed by atoms with Crippen LogP contribution in [0.5, 0.6) is 0 Å². The van der Waals surface area contributed by atoms with Gasteiger partial charge in [0, 0.05) is 23.7 Å². The molecule has 1 saturated carbocycles. The highest BCUT2D eigenvalue weighted by molar-refractivity contribution is 6.05. The van der Waals surface area contributed by atoms with Gasteiger partial charge < -0.3 is 10.6 Å². The molecule has 2 unspecified atom stereocenters. The minimum absolute atomic E-state index is 0.0454. The molecular formula is C14H16N4O. The highest BCUT2D eigenvalue weighted by Gasteiger charge is 2.41. The van der Waals surface area contributed by atoms with Gasteiger partial charge in [0.05, 0.1) is 5.52 Å². The number of rotatable bonds is 1. The number of benzene rings is 1. The molecule has 98 valence electrons. The van der Waals surface area contributed by atoms with Crippen molar-refractivity contribution in [2.24, 2.45) is 5.92 Å². The van der Waals surface area contributed by atoms with Crippen molar-refractivity contribution in [3.63, 3.8) is 0 Å². The summed E-state index contributed by atoms with van der Waals surface area (Å²) in [6.45, 7) is 0.889. The van der Waals surface area contributed by atoms with Crippen LogP contribution in [-0.4, -0.2) is 33.6 Å².